The number of hydrogen-bond acceptors (Lipinski definition) is 3. The summed E-state index contributed by atoms with van der Waals surface area (Å²) in [7, 11) is 0. The van der Waals surface area contributed by atoms with Crippen LogP contribution in [0.2, 0.25) is 0 Å². The van der Waals surface area contributed by atoms with Crippen LogP contribution in [0, 0.1) is 0 Å². The van der Waals surface area contributed by atoms with Crippen LogP contribution in [0.15, 0.2) is 60.7 Å². The zero-order valence-corrected chi connectivity index (χ0v) is 21.4. The highest BCUT2D eigenvalue weighted by atomic mass is 16.3. The number of benzene rings is 2. The first-order valence-corrected chi connectivity index (χ1v) is 13.3. The summed E-state index contributed by atoms with van der Waals surface area (Å²) in [5.74, 6) is 0. The van der Waals surface area contributed by atoms with Gasteiger partial charge in [0, 0.05) is 13.0 Å². The lowest BCUT2D eigenvalue weighted by atomic mass is 9.75. The highest BCUT2D eigenvalue weighted by Crippen LogP contribution is 2.34. The highest BCUT2D eigenvalue weighted by molar-refractivity contribution is 5.53. The average Bonchev–Trinajstić information content (AvgIpc) is 2.85. The van der Waals surface area contributed by atoms with Crippen molar-refractivity contribution in [2.45, 2.75) is 108 Å². The zero-order valence-electron chi connectivity index (χ0n) is 21.4. The van der Waals surface area contributed by atoms with Crippen molar-refractivity contribution in [1.82, 2.24) is 0 Å². The Bertz CT molecular complexity index is 791. The molecule has 188 valence electrons. The summed E-state index contributed by atoms with van der Waals surface area (Å²) in [6.07, 6.45) is 12.5. The molecule has 3 nitrogen and oxygen atoms in total. The minimum atomic E-state index is -0.214. The number of hydrogen-bond donors (Lipinski definition) is 2. The van der Waals surface area contributed by atoms with Crippen molar-refractivity contribution in [3.63, 3.8) is 0 Å². The summed E-state index contributed by atoms with van der Waals surface area (Å²) in [5.41, 5.74) is 2.48. The molecule has 0 spiro atoms. The van der Waals surface area contributed by atoms with Crippen molar-refractivity contribution in [2.75, 3.05) is 6.61 Å². The Balaban J connectivity index is 1.62. The van der Waals surface area contributed by atoms with Crippen LogP contribution in [0.25, 0.3) is 0 Å². The maximum Gasteiger partial charge on any atom is 0.120 e. The number of carbonyl (C=O) groups is 1. The van der Waals surface area contributed by atoms with Crippen molar-refractivity contribution >= 4 is 6.29 Å². The highest BCUT2D eigenvalue weighted by Gasteiger charge is 2.26. The van der Waals surface area contributed by atoms with Crippen molar-refractivity contribution in [2.24, 2.45) is 0 Å². The molecule has 0 saturated carbocycles. The van der Waals surface area contributed by atoms with Crippen molar-refractivity contribution in [3.8, 4) is 0 Å². The lowest BCUT2D eigenvalue weighted by Crippen LogP contribution is -2.23. The maximum atomic E-state index is 11.2. The van der Waals surface area contributed by atoms with Gasteiger partial charge in [-0.05, 0) is 54.1 Å². The molecule has 0 aliphatic heterocycles. The third kappa shape index (κ3) is 9.35. The monoisotopic (exact) mass is 466 g/mol. The molecular weight excluding hydrogens is 420 g/mol. The predicted octanol–water partition coefficient (Wildman–Crippen LogP) is 7.14. The van der Waals surface area contributed by atoms with E-state index in [4.69, 9.17) is 0 Å². The Morgan fingerprint density at radius 1 is 0.706 bits per heavy atom. The smallest absolute Gasteiger partial charge is 0.120 e. The Morgan fingerprint density at radius 2 is 1.18 bits per heavy atom. The van der Waals surface area contributed by atoms with Gasteiger partial charge in [0.25, 0.3) is 0 Å². The molecule has 2 aromatic rings. The topological polar surface area (TPSA) is 57.5 Å². The summed E-state index contributed by atoms with van der Waals surface area (Å²) >= 11 is 0. The fourth-order valence-corrected chi connectivity index (χ4v) is 5.18. The van der Waals surface area contributed by atoms with Gasteiger partial charge in [0.15, 0.2) is 0 Å². The van der Waals surface area contributed by atoms with E-state index in [1.54, 1.807) is 0 Å². The zero-order chi connectivity index (χ0) is 24.7. The molecule has 0 aliphatic carbocycles. The molecule has 2 rings (SSSR count). The first-order valence-electron chi connectivity index (χ1n) is 13.3. The molecular formula is C31H46O3. The van der Waals surface area contributed by atoms with E-state index in [9.17, 15) is 15.0 Å². The van der Waals surface area contributed by atoms with Crippen LogP contribution in [0.5, 0.6) is 0 Å². The standard InChI is InChI=1S/C31H46O3/c1-30(23-25-32,27-15-7-3-8-16-27)21-13-5-11-19-29(34)20-12-6-14-22-31(2,24-26-33)28-17-9-4-10-18-28/h3-4,7-10,15-18,25,29,33-34H,5-6,11-14,19-24,26H2,1-2H3. The SMILES string of the molecule is CC(CC=O)(CCCCCC(O)CCCCCC(C)(CCO)c1ccccc1)c1ccccc1. The van der Waals surface area contributed by atoms with Gasteiger partial charge in [-0.2, -0.15) is 0 Å². The summed E-state index contributed by atoms with van der Waals surface area (Å²) in [4.78, 5) is 11.2. The minimum absolute atomic E-state index is 0.0206. The van der Waals surface area contributed by atoms with Gasteiger partial charge in [-0.15, -0.1) is 0 Å². The predicted molar refractivity (Wildman–Crippen MR) is 142 cm³/mol. The Morgan fingerprint density at radius 3 is 1.65 bits per heavy atom. The van der Waals surface area contributed by atoms with Gasteiger partial charge in [-0.3, -0.25) is 0 Å². The number of rotatable bonds is 18. The molecule has 0 heterocycles. The fraction of sp³-hybridized carbons (Fsp3) is 0.581. The molecule has 0 amide bonds. The Hall–Kier alpha value is -1.97. The van der Waals surface area contributed by atoms with Gasteiger partial charge in [-0.25, -0.2) is 0 Å². The number of unbranched alkanes of at least 4 members (excludes halogenated alkanes) is 4. The second kappa shape index (κ2) is 15.1. The molecule has 0 fully saturated rings. The second-order valence-electron chi connectivity index (χ2n) is 10.6. The summed E-state index contributed by atoms with van der Waals surface area (Å²) in [5, 5.41) is 20.0. The van der Waals surface area contributed by atoms with Crippen LogP contribution < -0.4 is 0 Å². The molecule has 2 aromatic carbocycles. The van der Waals surface area contributed by atoms with Crippen LogP contribution in [0.1, 0.15) is 102 Å². The third-order valence-corrected chi connectivity index (χ3v) is 7.67. The number of carbonyl (C=O) groups excluding carboxylic acids is 1. The second-order valence-corrected chi connectivity index (χ2v) is 10.6. The van der Waals surface area contributed by atoms with Crippen LogP contribution in [0.3, 0.4) is 0 Å². The molecule has 3 atom stereocenters. The van der Waals surface area contributed by atoms with Crippen molar-refractivity contribution < 1.29 is 15.0 Å². The molecule has 0 radical (unpaired) electrons. The molecule has 0 aromatic heterocycles. The minimum Gasteiger partial charge on any atom is -0.396 e. The van der Waals surface area contributed by atoms with Crippen LogP contribution in [0.4, 0.5) is 0 Å². The quantitative estimate of drug-likeness (QED) is 0.181. The number of aliphatic hydroxyl groups excluding tert-OH is 2. The Kier molecular flexibility index (Phi) is 12.6. The molecule has 0 aliphatic rings. The summed E-state index contributed by atoms with van der Waals surface area (Å²) < 4.78 is 0. The average molecular weight is 467 g/mol. The van der Waals surface area contributed by atoms with E-state index in [1.165, 1.54) is 11.1 Å². The maximum absolute atomic E-state index is 11.2. The first kappa shape index (κ1) is 28.3. The Labute approximate surface area is 207 Å². The lowest BCUT2D eigenvalue weighted by molar-refractivity contribution is -0.108. The number of aliphatic hydroxyl groups is 2. The molecule has 34 heavy (non-hydrogen) atoms. The molecule has 2 N–H and O–H groups in total. The van der Waals surface area contributed by atoms with Crippen LogP contribution in [-0.2, 0) is 15.6 Å². The van der Waals surface area contributed by atoms with Crippen LogP contribution >= 0.6 is 0 Å². The molecule has 0 saturated heterocycles. The van der Waals surface area contributed by atoms with E-state index in [-0.39, 0.29) is 23.5 Å². The van der Waals surface area contributed by atoms with E-state index in [0.29, 0.717) is 6.42 Å². The van der Waals surface area contributed by atoms with Gasteiger partial charge < -0.3 is 15.0 Å². The lowest BCUT2D eigenvalue weighted by Gasteiger charge is -2.30. The van der Waals surface area contributed by atoms with Gasteiger partial charge in [0.2, 0.25) is 0 Å². The molecule has 3 unspecified atom stereocenters. The van der Waals surface area contributed by atoms with Gasteiger partial charge in [-0.1, -0.05) is 113 Å². The largest absolute Gasteiger partial charge is 0.396 e. The van der Waals surface area contributed by atoms with E-state index >= 15 is 0 Å². The van der Waals surface area contributed by atoms with E-state index in [0.717, 1.165) is 76.9 Å². The molecule has 3 heteroatoms. The van der Waals surface area contributed by atoms with E-state index in [1.807, 2.05) is 24.3 Å². The summed E-state index contributed by atoms with van der Waals surface area (Å²) in [6.45, 7) is 4.66. The fourth-order valence-electron chi connectivity index (χ4n) is 5.18. The van der Waals surface area contributed by atoms with Crippen molar-refractivity contribution in [3.05, 3.63) is 71.8 Å². The number of aldehydes is 1. The normalized spacial score (nSPS) is 15.9. The molecule has 0 bridgehead atoms. The van der Waals surface area contributed by atoms with Gasteiger partial charge >= 0.3 is 0 Å². The van der Waals surface area contributed by atoms with Gasteiger partial charge in [0.1, 0.15) is 6.29 Å². The van der Waals surface area contributed by atoms with Gasteiger partial charge in [0.05, 0.1) is 6.10 Å². The first-order chi connectivity index (χ1) is 16.4. The third-order valence-electron chi connectivity index (χ3n) is 7.67. The van der Waals surface area contributed by atoms with E-state index < -0.39 is 0 Å². The van der Waals surface area contributed by atoms with Crippen molar-refractivity contribution in [1.29, 1.82) is 0 Å². The van der Waals surface area contributed by atoms with Crippen LogP contribution in [-0.4, -0.2) is 29.2 Å². The summed E-state index contributed by atoms with van der Waals surface area (Å²) in [6, 6.07) is 20.9. The van der Waals surface area contributed by atoms with E-state index in [2.05, 4.69) is 50.2 Å².